The molecule has 0 bridgehead atoms. The van der Waals surface area contributed by atoms with Gasteiger partial charge in [0, 0.05) is 12.2 Å². The third kappa shape index (κ3) is 6.80. The Balaban J connectivity index is 2.77. The molecule has 128 valence electrons. The zero-order valence-corrected chi connectivity index (χ0v) is 13.7. The standard InChI is InChI=1S/C17H25NO5/c1-3-22-14-8-6-13(7-9-14)17(21)15(18-10-5-11-19)12-16(20)23-4-2/h6-9,15,18-19H,3-5,10-12H2,1-2H3. The lowest BCUT2D eigenvalue weighted by molar-refractivity contribution is -0.143. The highest BCUT2D eigenvalue weighted by molar-refractivity contribution is 6.01. The summed E-state index contributed by atoms with van der Waals surface area (Å²) in [7, 11) is 0. The highest BCUT2D eigenvalue weighted by Gasteiger charge is 2.23. The van der Waals surface area contributed by atoms with Gasteiger partial charge in [-0.1, -0.05) is 0 Å². The van der Waals surface area contributed by atoms with Crippen molar-refractivity contribution in [1.82, 2.24) is 5.32 Å². The van der Waals surface area contributed by atoms with Crippen LogP contribution in [-0.2, 0) is 9.53 Å². The average Bonchev–Trinajstić information content (AvgIpc) is 2.55. The molecule has 1 rings (SSSR count). The Labute approximate surface area is 136 Å². The number of benzene rings is 1. The number of carbonyl (C=O) groups excluding carboxylic acids is 2. The van der Waals surface area contributed by atoms with Gasteiger partial charge in [0.15, 0.2) is 5.78 Å². The van der Waals surface area contributed by atoms with Crippen molar-refractivity contribution in [1.29, 1.82) is 0 Å². The fraction of sp³-hybridized carbons (Fsp3) is 0.529. The molecule has 0 aliphatic heterocycles. The number of hydrogen-bond acceptors (Lipinski definition) is 6. The van der Waals surface area contributed by atoms with Gasteiger partial charge in [-0.2, -0.15) is 0 Å². The molecule has 0 heterocycles. The van der Waals surface area contributed by atoms with Gasteiger partial charge >= 0.3 is 5.97 Å². The van der Waals surface area contributed by atoms with Crippen LogP contribution in [0.2, 0.25) is 0 Å². The molecule has 0 aliphatic carbocycles. The van der Waals surface area contributed by atoms with Gasteiger partial charge in [0.05, 0.1) is 25.7 Å². The number of rotatable bonds is 11. The molecule has 23 heavy (non-hydrogen) atoms. The third-order valence-corrected chi connectivity index (χ3v) is 3.17. The minimum absolute atomic E-state index is 0.0242. The molecule has 0 radical (unpaired) electrons. The van der Waals surface area contributed by atoms with Gasteiger partial charge in [-0.15, -0.1) is 0 Å². The quantitative estimate of drug-likeness (QED) is 0.365. The molecule has 0 spiro atoms. The first-order valence-corrected chi connectivity index (χ1v) is 7.89. The number of aliphatic hydroxyl groups is 1. The molecule has 1 aromatic carbocycles. The lowest BCUT2D eigenvalue weighted by Gasteiger charge is -2.17. The van der Waals surface area contributed by atoms with Gasteiger partial charge < -0.3 is 19.9 Å². The molecular formula is C17H25NO5. The second kappa shape index (κ2) is 10.7. The van der Waals surface area contributed by atoms with Crippen LogP contribution in [0, 0.1) is 0 Å². The number of Topliss-reactive ketones (excluding diaryl/α,β-unsaturated/α-hetero) is 1. The van der Waals surface area contributed by atoms with Crippen LogP contribution in [0.4, 0.5) is 0 Å². The average molecular weight is 323 g/mol. The van der Waals surface area contributed by atoms with Crippen LogP contribution in [0.3, 0.4) is 0 Å². The van der Waals surface area contributed by atoms with Crippen molar-refractivity contribution < 1.29 is 24.2 Å². The Bertz CT molecular complexity index is 486. The molecule has 0 aliphatic rings. The summed E-state index contributed by atoms with van der Waals surface area (Å²) in [5, 5.41) is 11.9. The van der Waals surface area contributed by atoms with Crippen LogP contribution in [0.1, 0.15) is 37.0 Å². The van der Waals surface area contributed by atoms with E-state index in [4.69, 9.17) is 14.6 Å². The summed E-state index contributed by atoms with van der Waals surface area (Å²) < 4.78 is 10.3. The van der Waals surface area contributed by atoms with Crippen LogP contribution in [0.5, 0.6) is 5.75 Å². The SMILES string of the molecule is CCOC(=O)CC(NCCCO)C(=O)c1ccc(OCC)cc1. The first-order chi connectivity index (χ1) is 11.1. The number of ketones is 1. The molecule has 0 saturated heterocycles. The summed E-state index contributed by atoms with van der Waals surface area (Å²) in [4.78, 5) is 24.3. The number of hydrogen-bond donors (Lipinski definition) is 2. The van der Waals surface area contributed by atoms with Crippen molar-refractivity contribution >= 4 is 11.8 Å². The Morgan fingerprint density at radius 3 is 2.43 bits per heavy atom. The molecule has 1 aromatic rings. The van der Waals surface area contributed by atoms with E-state index in [1.165, 1.54) is 0 Å². The van der Waals surface area contributed by atoms with Gasteiger partial charge in [0.1, 0.15) is 5.75 Å². The van der Waals surface area contributed by atoms with Gasteiger partial charge in [0.25, 0.3) is 0 Å². The van der Waals surface area contributed by atoms with E-state index < -0.39 is 12.0 Å². The minimum atomic E-state index is -0.668. The highest BCUT2D eigenvalue weighted by Crippen LogP contribution is 2.14. The minimum Gasteiger partial charge on any atom is -0.494 e. The van der Waals surface area contributed by atoms with Crippen LogP contribution >= 0.6 is 0 Å². The van der Waals surface area contributed by atoms with Crippen molar-refractivity contribution in [2.45, 2.75) is 32.7 Å². The van der Waals surface area contributed by atoms with Crippen molar-refractivity contribution in [3.05, 3.63) is 29.8 Å². The second-order valence-electron chi connectivity index (χ2n) is 4.91. The fourth-order valence-corrected chi connectivity index (χ4v) is 2.08. The largest absolute Gasteiger partial charge is 0.494 e. The Hall–Kier alpha value is -1.92. The van der Waals surface area contributed by atoms with Gasteiger partial charge in [-0.3, -0.25) is 9.59 Å². The fourth-order valence-electron chi connectivity index (χ4n) is 2.08. The maximum atomic E-state index is 12.6. The monoisotopic (exact) mass is 323 g/mol. The van der Waals surface area contributed by atoms with Gasteiger partial charge in [0.2, 0.25) is 0 Å². The molecule has 0 amide bonds. The molecule has 6 heteroatoms. The number of esters is 1. The smallest absolute Gasteiger partial charge is 0.307 e. The molecule has 0 saturated carbocycles. The van der Waals surface area contributed by atoms with Gasteiger partial charge in [-0.25, -0.2) is 0 Å². The van der Waals surface area contributed by atoms with E-state index in [-0.39, 0.29) is 25.4 Å². The molecule has 1 unspecified atom stereocenters. The lowest BCUT2D eigenvalue weighted by atomic mass is 10.0. The topological polar surface area (TPSA) is 84.9 Å². The van der Waals surface area contributed by atoms with Crippen LogP contribution in [0.25, 0.3) is 0 Å². The number of carbonyl (C=O) groups is 2. The lowest BCUT2D eigenvalue weighted by Crippen LogP contribution is -2.39. The predicted molar refractivity (Wildman–Crippen MR) is 86.7 cm³/mol. The van der Waals surface area contributed by atoms with E-state index in [0.29, 0.717) is 30.9 Å². The predicted octanol–water partition coefficient (Wildman–Crippen LogP) is 1.56. The van der Waals surface area contributed by atoms with Crippen LogP contribution in [-0.4, -0.2) is 49.3 Å². The van der Waals surface area contributed by atoms with Crippen molar-refractivity contribution in [2.24, 2.45) is 0 Å². The maximum absolute atomic E-state index is 12.6. The van der Waals surface area contributed by atoms with E-state index in [2.05, 4.69) is 5.32 Å². The Morgan fingerprint density at radius 2 is 1.87 bits per heavy atom. The summed E-state index contributed by atoms with van der Waals surface area (Å²) in [5.41, 5.74) is 0.499. The molecular weight excluding hydrogens is 298 g/mol. The van der Waals surface area contributed by atoms with E-state index in [0.717, 1.165) is 0 Å². The first-order valence-electron chi connectivity index (χ1n) is 7.89. The Morgan fingerprint density at radius 1 is 1.17 bits per heavy atom. The summed E-state index contributed by atoms with van der Waals surface area (Å²) in [6.45, 7) is 4.92. The second-order valence-corrected chi connectivity index (χ2v) is 4.91. The van der Waals surface area contributed by atoms with Crippen molar-refractivity contribution in [3.63, 3.8) is 0 Å². The summed E-state index contributed by atoms with van der Waals surface area (Å²) in [6, 6.07) is 6.15. The summed E-state index contributed by atoms with van der Waals surface area (Å²) in [5.74, 6) is 0.0894. The van der Waals surface area contributed by atoms with E-state index in [1.54, 1.807) is 31.2 Å². The first kappa shape index (κ1) is 19.1. The van der Waals surface area contributed by atoms with Crippen molar-refractivity contribution in [2.75, 3.05) is 26.4 Å². The normalized spacial score (nSPS) is 11.8. The van der Waals surface area contributed by atoms with Crippen LogP contribution < -0.4 is 10.1 Å². The number of ether oxygens (including phenoxy) is 2. The summed E-state index contributed by atoms with van der Waals surface area (Å²) in [6.07, 6.45) is 0.473. The van der Waals surface area contributed by atoms with Crippen LogP contribution in [0.15, 0.2) is 24.3 Å². The Kier molecular flexibility index (Phi) is 8.94. The molecule has 0 aromatic heterocycles. The van der Waals surface area contributed by atoms with E-state index in [1.807, 2.05) is 6.92 Å². The molecule has 1 atom stereocenters. The van der Waals surface area contributed by atoms with E-state index in [9.17, 15) is 9.59 Å². The van der Waals surface area contributed by atoms with Crippen molar-refractivity contribution in [3.8, 4) is 5.75 Å². The highest BCUT2D eigenvalue weighted by atomic mass is 16.5. The number of aliphatic hydroxyl groups excluding tert-OH is 1. The molecule has 2 N–H and O–H groups in total. The molecule has 6 nitrogen and oxygen atoms in total. The zero-order chi connectivity index (χ0) is 17.1. The zero-order valence-electron chi connectivity index (χ0n) is 13.7. The molecule has 0 fully saturated rings. The van der Waals surface area contributed by atoms with Gasteiger partial charge in [-0.05, 0) is 51.1 Å². The maximum Gasteiger partial charge on any atom is 0.307 e. The third-order valence-electron chi connectivity index (χ3n) is 3.17. The van der Waals surface area contributed by atoms with E-state index >= 15 is 0 Å². The summed E-state index contributed by atoms with van der Waals surface area (Å²) >= 11 is 0. The number of nitrogens with one attached hydrogen (secondary N) is 1.